The summed E-state index contributed by atoms with van der Waals surface area (Å²) in [7, 11) is 1.60. The van der Waals surface area contributed by atoms with Crippen molar-refractivity contribution in [1.82, 2.24) is 0 Å². The van der Waals surface area contributed by atoms with Crippen LogP contribution in [0.25, 0.3) is 0 Å². The van der Waals surface area contributed by atoms with Crippen molar-refractivity contribution in [2.24, 2.45) is 0 Å². The smallest absolute Gasteiger partial charge is 0.142 e. The number of ether oxygens (including phenoxy) is 3. The number of benzene rings is 1. The highest BCUT2D eigenvalue weighted by molar-refractivity contribution is 5.56. The number of rotatable bonds is 4. The summed E-state index contributed by atoms with van der Waals surface area (Å²) >= 11 is 0. The summed E-state index contributed by atoms with van der Waals surface area (Å²) in [6.45, 7) is 2.67. The Morgan fingerprint density at radius 2 is 2.24 bits per heavy atom. The van der Waals surface area contributed by atoms with Crippen molar-refractivity contribution in [3.8, 4) is 11.5 Å². The second-order valence-corrected chi connectivity index (χ2v) is 4.36. The fourth-order valence-corrected chi connectivity index (χ4v) is 2.00. The van der Waals surface area contributed by atoms with Crippen molar-refractivity contribution in [3.05, 3.63) is 18.2 Å². The molecule has 1 aliphatic heterocycles. The molecule has 4 heteroatoms. The van der Waals surface area contributed by atoms with E-state index in [4.69, 9.17) is 19.9 Å². The molecule has 0 aromatic heterocycles. The van der Waals surface area contributed by atoms with E-state index in [9.17, 15) is 0 Å². The monoisotopic (exact) mass is 237 g/mol. The summed E-state index contributed by atoms with van der Waals surface area (Å²) in [5.41, 5.74) is 6.39. The van der Waals surface area contributed by atoms with Gasteiger partial charge in [0.15, 0.2) is 0 Å². The Morgan fingerprint density at radius 1 is 1.41 bits per heavy atom. The molecule has 0 radical (unpaired) electrons. The maximum absolute atomic E-state index is 5.80. The van der Waals surface area contributed by atoms with Crippen LogP contribution < -0.4 is 15.2 Å². The van der Waals surface area contributed by atoms with E-state index < -0.39 is 0 Å². The first kappa shape index (κ1) is 12.0. The minimum absolute atomic E-state index is 0.202. The van der Waals surface area contributed by atoms with E-state index in [0.717, 1.165) is 18.6 Å². The molecule has 2 unspecified atom stereocenters. The van der Waals surface area contributed by atoms with Crippen LogP contribution in [0.15, 0.2) is 18.2 Å². The first-order chi connectivity index (χ1) is 8.19. The molecule has 0 saturated carbocycles. The van der Waals surface area contributed by atoms with Crippen LogP contribution in [0.1, 0.15) is 19.8 Å². The van der Waals surface area contributed by atoms with Gasteiger partial charge in [-0.15, -0.1) is 0 Å². The Labute approximate surface area is 102 Å². The van der Waals surface area contributed by atoms with E-state index in [1.807, 2.05) is 12.1 Å². The molecule has 1 aliphatic rings. The van der Waals surface area contributed by atoms with Gasteiger partial charge in [-0.3, -0.25) is 0 Å². The Kier molecular flexibility index (Phi) is 3.74. The molecule has 0 bridgehead atoms. The maximum atomic E-state index is 5.80. The lowest BCUT2D eigenvalue weighted by Gasteiger charge is -2.13. The van der Waals surface area contributed by atoms with Gasteiger partial charge in [-0.25, -0.2) is 0 Å². The third kappa shape index (κ3) is 3.03. The fourth-order valence-electron chi connectivity index (χ4n) is 2.00. The number of hydrogen-bond acceptors (Lipinski definition) is 4. The molecule has 1 saturated heterocycles. The average molecular weight is 237 g/mol. The van der Waals surface area contributed by atoms with Crippen LogP contribution in [0.2, 0.25) is 0 Å². The highest BCUT2D eigenvalue weighted by atomic mass is 16.5. The van der Waals surface area contributed by atoms with Gasteiger partial charge in [0.1, 0.15) is 18.1 Å². The van der Waals surface area contributed by atoms with Crippen LogP contribution in [0, 0.1) is 0 Å². The molecule has 2 atom stereocenters. The van der Waals surface area contributed by atoms with E-state index in [1.54, 1.807) is 13.2 Å². The molecule has 1 aromatic rings. The van der Waals surface area contributed by atoms with Gasteiger partial charge < -0.3 is 19.9 Å². The van der Waals surface area contributed by atoms with Gasteiger partial charge in [0.25, 0.3) is 0 Å². The fraction of sp³-hybridized carbons (Fsp3) is 0.538. The first-order valence-corrected chi connectivity index (χ1v) is 5.91. The van der Waals surface area contributed by atoms with Crippen molar-refractivity contribution < 1.29 is 14.2 Å². The van der Waals surface area contributed by atoms with E-state index in [-0.39, 0.29) is 6.10 Å². The molecule has 0 aliphatic carbocycles. The summed E-state index contributed by atoms with van der Waals surface area (Å²) in [5.74, 6) is 1.43. The number of methoxy groups -OCH3 is 1. The highest BCUT2D eigenvalue weighted by Crippen LogP contribution is 2.27. The van der Waals surface area contributed by atoms with Gasteiger partial charge in [-0.2, -0.15) is 0 Å². The zero-order chi connectivity index (χ0) is 12.3. The minimum Gasteiger partial charge on any atom is -0.495 e. The summed E-state index contributed by atoms with van der Waals surface area (Å²) in [6.07, 6.45) is 2.73. The summed E-state index contributed by atoms with van der Waals surface area (Å²) in [6, 6.07) is 5.44. The molecule has 0 spiro atoms. The molecule has 2 N–H and O–H groups in total. The molecule has 4 nitrogen and oxygen atoms in total. The zero-order valence-corrected chi connectivity index (χ0v) is 10.3. The Balaban J connectivity index is 1.88. The standard InChI is InChI=1S/C13H19NO3/c1-9-3-4-11(17-9)8-16-10-5-6-13(15-2)12(14)7-10/h5-7,9,11H,3-4,8,14H2,1-2H3. The van der Waals surface area contributed by atoms with Crippen LogP contribution >= 0.6 is 0 Å². The van der Waals surface area contributed by atoms with Crippen LogP contribution in [0.4, 0.5) is 5.69 Å². The predicted octanol–water partition coefficient (Wildman–Crippen LogP) is 2.22. The maximum Gasteiger partial charge on any atom is 0.142 e. The van der Waals surface area contributed by atoms with E-state index in [2.05, 4.69) is 6.92 Å². The third-order valence-electron chi connectivity index (χ3n) is 2.96. The molecule has 0 amide bonds. The largest absolute Gasteiger partial charge is 0.495 e. The van der Waals surface area contributed by atoms with Crippen LogP contribution in [0.5, 0.6) is 11.5 Å². The lowest BCUT2D eigenvalue weighted by Crippen LogP contribution is -2.17. The Hall–Kier alpha value is -1.42. The molecular formula is C13H19NO3. The second kappa shape index (κ2) is 5.27. The predicted molar refractivity (Wildman–Crippen MR) is 66.5 cm³/mol. The molecular weight excluding hydrogens is 218 g/mol. The molecule has 1 aromatic carbocycles. The van der Waals surface area contributed by atoms with Crippen molar-refractivity contribution in [1.29, 1.82) is 0 Å². The number of hydrogen-bond donors (Lipinski definition) is 1. The average Bonchev–Trinajstić information content (AvgIpc) is 2.73. The van der Waals surface area contributed by atoms with Gasteiger partial charge in [-0.05, 0) is 31.9 Å². The molecule has 1 fully saturated rings. The van der Waals surface area contributed by atoms with Crippen molar-refractivity contribution >= 4 is 5.69 Å². The Morgan fingerprint density at radius 3 is 2.82 bits per heavy atom. The van der Waals surface area contributed by atoms with Gasteiger partial charge in [0.05, 0.1) is 25.0 Å². The van der Waals surface area contributed by atoms with Crippen LogP contribution in [-0.4, -0.2) is 25.9 Å². The summed E-state index contributed by atoms with van der Waals surface area (Å²) in [5, 5.41) is 0. The van der Waals surface area contributed by atoms with E-state index in [1.165, 1.54) is 0 Å². The molecule has 94 valence electrons. The minimum atomic E-state index is 0.202. The van der Waals surface area contributed by atoms with Crippen molar-refractivity contribution in [2.45, 2.75) is 32.0 Å². The molecule has 1 heterocycles. The summed E-state index contributed by atoms with van der Waals surface area (Å²) in [4.78, 5) is 0. The first-order valence-electron chi connectivity index (χ1n) is 5.91. The molecule has 17 heavy (non-hydrogen) atoms. The second-order valence-electron chi connectivity index (χ2n) is 4.36. The third-order valence-corrected chi connectivity index (χ3v) is 2.96. The highest BCUT2D eigenvalue weighted by Gasteiger charge is 2.22. The zero-order valence-electron chi connectivity index (χ0n) is 10.3. The number of anilines is 1. The molecule has 2 rings (SSSR count). The van der Waals surface area contributed by atoms with Gasteiger partial charge in [0.2, 0.25) is 0 Å². The number of nitrogens with two attached hydrogens (primary N) is 1. The quantitative estimate of drug-likeness (QED) is 0.816. The van der Waals surface area contributed by atoms with Gasteiger partial charge in [0, 0.05) is 6.07 Å². The normalized spacial score (nSPS) is 23.6. The van der Waals surface area contributed by atoms with Crippen molar-refractivity contribution in [3.63, 3.8) is 0 Å². The number of nitrogen functional groups attached to an aromatic ring is 1. The van der Waals surface area contributed by atoms with Gasteiger partial charge in [-0.1, -0.05) is 0 Å². The van der Waals surface area contributed by atoms with E-state index >= 15 is 0 Å². The van der Waals surface area contributed by atoms with Crippen molar-refractivity contribution in [2.75, 3.05) is 19.5 Å². The van der Waals surface area contributed by atoms with Crippen LogP contribution in [-0.2, 0) is 4.74 Å². The lowest BCUT2D eigenvalue weighted by molar-refractivity contribution is 0.0265. The SMILES string of the molecule is COc1ccc(OCC2CCC(C)O2)cc1N. The Bertz CT molecular complexity index is 381. The van der Waals surface area contributed by atoms with Gasteiger partial charge >= 0.3 is 0 Å². The van der Waals surface area contributed by atoms with E-state index in [0.29, 0.717) is 24.1 Å². The topological polar surface area (TPSA) is 53.7 Å². The lowest BCUT2D eigenvalue weighted by atomic mass is 10.2. The van der Waals surface area contributed by atoms with Crippen LogP contribution in [0.3, 0.4) is 0 Å². The summed E-state index contributed by atoms with van der Waals surface area (Å²) < 4.78 is 16.4.